The van der Waals surface area contributed by atoms with Crippen molar-refractivity contribution in [2.75, 3.05) is 13.1 Å². The number of carbonyl (C=O) groups is 1. The predicted molar refractivity (Wildman–Crippen MR) is 97.0 cm³/mol. The summed E-state index contributed by atoms with van der Waals surface area (Å²) < 4.78 is 40.8. The number of nitrogens with zero attached hydrogens (tertiary/aromatic N) is 4. The van der Waals surface area contributed by atoms with E-state index in [1.54, 1.807) is 37.7 Å². The zero-order valence-electron chi connectivity index (χ0n) is 16.2. The molecule has 1 aliphatic rings. The van der Waals surface area contributed by atoms with E-state index in [2.05, 4.69) is 20.8 Å². The number of rotatable bonds is 5. The number of aryl methyl sites for hydroxylation is 1. The van der Waals surface area contributed by atoms with Gasteiger partial charge in [-0.3, -0.25) is 14.2 Å². The van der Waals surface area contributed by atoms with Gasteiger partial charge >= 0.3 is 6.18 Å². The van der Waals surface area contributed by atoms with Crippen molar-refractivity contribution in [2.24, 2.45) is 0 Å². The summed E-state index contributed by atoms with van der Waals surface area (Å²) in [6.45, 7) is 5.60. The average Bonchev–Trinajstić information content (AvgIpc) is 3.20. The van der Waals surface area contributed by atoms with E-state index in [-0.39, 0.29) is 17.6 Å². The van der Waals surface area contributed by atoms with Crippen molar-refractivity contribution in [1.82, 2.24) is 30.2 Å². The number of alkyl halides is 3. The molecule has 0 radical (unpaired) electrons. The second-order valence-electron chi connectivity index (χ2n) is 7.23. The molecule has 0 aromatic carbocycles. The molecular formula is C18H25F3N6O. The predicted octanol–water partition coefficient (Wildman–Crippen LogP) is 2.67. The molecule has 154 valence electrons. The van der Waals surface area contributed by atoms with E-state index >= 15 is 0 Å². The molecule has 2 aromatic heterocycles. The molecule has 1 fully saturated rings. The molecule has 3 rings (SSSR count). The monoisotopic (exact) mass is 398 g/mol. The Hall–Kier alpha value is -2.36. The summed E-state index contributed by atoms with van der Waals surface area (Å²) >= 11 is 0. The zero-order valence-corrected chi connectivity index (χ0v) is 16.2. The van der Waals surface area contributed by atoms with Crippen LogP contribution in [-0.2, 0) is 6.54 Å². The first-order chi connectivity index (χ1) is 13.2. The van der Waals surface area contributed by atoms with Gasteiger partial charge in [0.05, 0.1) is 17.8 Å². The molecular weight excluding hydrogens is 373 g/mol. The highest BCUT2D eigenvalue weighted by Gasteiger charge is 2.31. The molecule has 0 bridgehead atoms. The third-order valence-corrected chi connectivity index (χ3v) is 5.03. The van der Waals surface area contributed by atoms with Crippen molar-refractivity contribution in [3.8, 4) is 0 Å². The number of hydrogen-bond acceptors (Lipinski definition) is 4. The highest BCUT2D eigenvalue weighted by molar-refractivity contribution is 5.92. The van der Waals surface area contributed by atoms with Crippen LogP contribution in [0.1, 0.15) is 59.3 Å². The SMILES string of the molecule is Cc1nn(CC(F)(F)F)c(C)c1C(C)NC(=O)c1ccn(C2CCCNC2)n1. The summed E-state index contributed by atoms with van der Waals surface area (Å²) in [7, 11) is 0. The highest BCUT2D eigenvalue weighted by Crippen LogP contribution is 2.25. The number of hydrogen-bond donors (Lipinski definition) is 2. The lowest BCUT2D eigenvalue weighted by Gasteiger charge is -2.22. The van der Waals surface area contributed by atoms with Crippen LogP contribution < -0.4 is 10.6 Å². The van der Waals surface area contributed by atoms with Crippen LogP contribution in [0.15, 0.2) is 12.3 Å². The number of piperidine rings is 1. The van der Waals surface area contributed by atoms with Crippen molar-refractivity contribution in [2.45, 2.75) is 58.4 Å². The van der Waals surface area contributed by atoms with Gasteiger partial charge in [0.2, 0.25) is 0 Å². The lowest BCUT2D eigenvalue weighted by atomic mass is 10.1. The Morgan fingerprint density at radius 3 is 2.79 bits per heavy atom. The van der Waals surface area contributed by atoms with Crippen LogP contribution in [0.5, 0.6) is 0 Å². The first-order valence-electron chi connectivity index (χ1n) is 9.33. The van der Waals surface area contributed by atoms with E-state index in [0.717, 1.165) is 30.6 Å². The normalized spacial score (nSPS) is 18.9. The molecule has 1 amide bonds. The minimum Gasteiger partial charge on any atom is -0.344 e. The molecule has 3 heterocycles. The second kappa shape index (κ2) is 7.94. The molecule has 0 aliphatic carbocycles. The summed E-state index contributed by atoms with van der Waals surface area (Å²) in [6, 6.07) is 1.39. The van der Waals surface area contributed by atoms with Crippen LogP contribution in [0, 0.1) is 13.8 Å². The van der Waals surface area contributed by atoms with Gasteiger partial charge in [-0.05, 0) is 46.2 Å². The van der Waals surface area contributed by atoms with Gasteiger partial charge in [0.1, 0.15) is 12.2 Å². The molecule has 0 saturated carbocycles. The van der Waals surface area contributed by atoms with E-state index < -0.39 is 18.8 Å². The van der Waals surface area contributed by atoms with Gasteiger partial charge in [-0.2, -0.15) is 23.4 Å². The topological polar surface area (TPSA) is 76.8 Å². The van der Waals surface area contributed by atoms with Crippen molar-refractivity contribution < 1.29 is 18.0 Å². The minimum atomic E-state index is -4.35. The Morgan fingerprint density at radius 2 is 2.14 bits per heavy atom. The van der Waals surface area contributed by atoms with Crippen molar-refractivity contribution in [3.05, 3.63) is 34.9 Å². The third-order valence-electron chi connectivity index (χ3n) is 5.03. The van der Waals surface area contributed by atoms with Gasteiger partial charge < -0.3 is 10.6 Å². The number of aromatic nitrogens is 4. The first-order valence-corrected chi connectivity index (χ1v) is 9.33. The maximum Gasteiger partial charge on any atom is 0.408 e. The summed E-state index contributed by atoms with van der Waals surface area (Å²) in [6.07, 6.45) is -0.505. The summed E-state index contributed by atoms with van der Waals surface area (Å²) in [5.41, 5.74) is 1.73. The Bertz CT molecular complexity index is 835. The van der Waals surface area contributed by atoms with Gasteiger partial charge in [0.25, 0.3) is 5.91 Å². The lowest BCUT2D eigenvalue weighted by Crippen LogP contribution is -2.32. The molecule has 28 heavy (non-hydrogen) atoms. The molecule has 2 N–H and O–H groups in total. The largest absolute Gasteiger partial charge is 0.408 e. The van der Waals surface area contributed by atoms with E-state index in [9.17, 15) is 18.0 Å². The Balaban J connectivity index is 1.70. The zero-order chi connectivity index (χ0) is 20.5. The summed E-state index contributed by atoms with van der Waals surface area (Å²) in [4.78, 5) is 12.6. The van der Waals surface area contributed by atoms with E-state index in [1.165, 1.54) is 0 Å². The molecule has 1 saturated heterocycles. The van der Waals surface area contributed by atoms with Crippen LogP contribution in [-0.4, -0.2) is 44.7 Å². The van der Waals surface area contributed by atoms with Crippen molar-refractivity contribution >= 4 is 5.91 Å². The van der Waals surface area contributed by atoms with Gasteiger partial charge in [-0.15, -0.1) is 0 Å². The van der Waals surface area contributed by atoms with Crippen LogP contribution in [0.4, 0.5) is 13.2 Å². The maximum atomic E-state index is 12.7. The molecule has 2 unspecified atom stereocenters. The molecule has 1 aliphatic heterocycles. The fourth-order valence-electron chi connectivity index (χ4n) is 3.73. The first kappa shape index (κ1) is 20.4. The van der Waals surface area contributed by atoms with Crippen LogP contribution >= 0.6 is 0 Å². The Kier molecular flexibility index (Phi) is 5.78. The summed E-state index contributed by atoms with van der Waals surface area (Å²) in [5.74, 6) is -0.364. The molecule has 0 spiro atoms. The lowest BCUT2D eigenvalue weighted by molar-refractivity contribution is -0.143. The minimum absolute atomic E-state index is 0.220. The smallest absolute Gasteiger partial charge is 0.344 e. The van der Waals surface area contributed by atoms with Gasteiger partial charge in [0.15, 0.2) is 0 Å². The molecule has 2 atom stereocenters. The second-order valence-corrected chi connectivity index (χ2v) is 7.23. The van der Waals surface area contributed by atoms with E-state index in [0.29, 0.717) is 17.0 Å². The number of amides is 1. The fourth-order valence-corrected chi connectivity index (χ4v) is 3.73. The van der Waals surface area contributed by atoms with Gasteiger partial charge in [-0.25, -0.2) is 0 Å². The van der Waals surface area contributed by atoms with Crippen molar-refractivity contribution in [3.63, 3.8) is 0 Å². The fraction of sp³-hybridized carbons (Fsp3) is 0.611. The third kappa shape index (κ3) is 4.54. The van der Waals surface area contributed by atoms with Gasteiger partial charge in [-0.1, -0.05) is 0 Å². The van der Waals surface area contributed by atoms with Crippen LogP contribution in [0.25, 0.3) is 0 Å². The number of nitrogens with one attached hydrogen (secondary N) is 2. The maximum absolute atomic E-state index is 12.7. The number of halogens is 3. The molecule has 2 aromatic rings. The number of carbonyl (C=O) groups excluding carboxylic acids is 1. The molecule has 10 heteroatoms. The standard InChI is InChI=1S/C18H25F3N6O/c1-11(16-12(2)24-27(13(16)3)10-18(19,20)21)23-17(28)15-6-8-26(25-15)14-5-4-7-22-9-14/h6,8,11,14,22H,4-5,7,9-10H2,1-3H3,(H,23,28). The Morgan fingerprint density at radius 1 is 1.39 bits per heavy atom. The van der Waals surface area contributed by atoms with E-state index in [4.69, 9.17) is 0 Å². The quantitative estimate of drug-likeness (QED) is 0.812. The Labute approximate surface area is 161 Å². The van der Waals surface area contributed by atoms with Crippen molar-refractivity contribution in [1.29, 1.82) is 0 Å². The average molecular weight is 398 g/mol. The van der Waals surface area contributed by atoms with Gasteiger partial charge in [0, 0.05) is 24.0 Å². The van der Waals surface area contributed by atoms with Crippen LogP contribution in [0.3, 0.4) is 0 Å². The highest BCUT2D eigenvalue weighted by atomic mass is 19.4. The van der Waals surface area contributed by atoms with Crippen LogP contribution in [0.2, 0.25) is 0 Å². The summed E-state index contributed by atoms with van der Waals surface area (Å²) in [5, 5.41) is 14.5. The van der Waals surface area contributed by atoms with E-state index in [1.807, 2.05) is 0 Å². The molecule has 7 nitrogen and oxygen atoms in total.